The van der Waals surface area contributed by atoms with Gasteiger partial charge in [-0.05, 0) is 29.8 Å². The van der Waals surface area contributed by atoms with Crippen LogP contribution in [0.3, 0.4) is 0 Å². The van der Waals surface area contributed by atoms with Crippen LogP contribution in [0.2, 0.25) is 0 Å². The lowest BCUT2D eigenvalue weighted by atomic mass is 10.2. The Morgan fingerprint density at radius 3 is 2.73 bits per heavy atom. The number of benzene rings is 2. The van der Waals surface area contributed by atoms with Gasteiger partial charge >= 0.3 is 12.6 Å². The lowest BCUT2D eigenvalue weighted by Crippen LogP contribution is -2.03. The molecule has 2 aromatic carbocycles. The number of carbonyl (C=O) groups is 1. The number of hydrogen-bond acceptors (Lipinski definition) is 4. The second-order valence-electron chi connectivity index (χ2n) is 4.17. The Labute approximate surface area is 124 Å². The van der Waals surface area contributed by atoms with E-state index in [-0.39, 0.29) is 11.3 Å². The SMILES string of the molecule is O=C(O)c1ccccc1NN=Cc1cccc(OC(F)F)c1. The van der Waals surface area contributed by atoms with E-state index in [0.29, 0.717) is 11.3 Å². The minimum Gasteiger partial charge on any atom is -0.478 e. The van der Waals surface area contributed by atoms with Crippen LogP contribution in [0.15, 0.2) is 53.6 Å². The predicted molar refractivity (Wildman–Crippen MR) is 77.7 cm³/mol. The number of nitrogens with zero attached hydrogens (tertiary/aromatic N) is 1. The molecule has 0 saturated carbocycles. The second kappa shape index (κ2) is 7.16. The fourth-order valence-electron chi connectivity index (χ4n) is 1.71. The third-order valence-electron chi connectivity index (χ3n) is 2.64. The van der Waals surface area contributed by atoms with Gasteiger partial charge in [0.2, 0.25) is 0 Å². The first-order valence-electron chi connectivity index (χ1n) is 6.22. The van der Waals surface area contributed by atoms with E-state index in [4.69, 9.17) is 5.11 Å². The number of para-hydroxylation sites is 1. The van der Waals surface area contributed by atoms with E-state index < -0.39 is 12.6 Å². The van der Waals surface area contributed by atoms with Crippen LogP contribution in [0.1, 0.15) is 15.9 Å². The van der Waals surface area contributed by atoms with Crippen LogP contribution >= 0.6 is 0 Å². The zero-order valence-electron chi connectivity index (χ0n) is 11.2. The van der Waals surface area contributed by atoms with Crippen molar-refractivity contribution in [1.29, 1.82) is 0 Å². The molecule has 22 heavy (non-hydrogen) atoms. The molecule has 0 saturated heterocycles. The zero-order chi connectivity index (χ0) is 15.9. The Bertz CT molecular complexity index is 690. The summed E-state index contributed by atoms with van der Waals surface area (Å²) in [5.74, 6) is -1.06. The average Bonchev–Trinajstić information content (AvgIpc) is 2.47. The van der Waals surface area contributed by atoms with Crippen LogP contribution in [0.4, 0.5) is 14.5 Å². The Morgan fingerprint density at radius 2 is 2.00 bits per heavy atom. The quantitative estimate of drug-likeness (QED) is 0.633. The maximum Gasteiger partial charge on any atom is 0.387 e. The maximum absolute atomic E-state index is 12.1. The van der Waals surface area contributed by atoms with Crippen molar-refractivity contribution in [3.63, 3.8) is 0 Å². The van der Waals surface area contributed by atoms with Gasteiger partial charge in [-0.15, -0.1) is 0 Å². The number of ether oxygens (including phenoxy) is 1. The fraction of sp³-hybridized carbons (Fsp3) is 0.0667. The molecule has 0 bridgehead atoms. The van der Waals surface area contributed by atoms with Crippen LogP contribution in [-0.2, 0) is 0 Å². The van der Waals surface area contributed by atoms with Crippen LogP contribution < -0.4 is 10.2 Å². The molecule has 2 aromatic rings. The van der Waals surface area contributed by atoms with Gasteiger partial charge < -0.3 is 9.84 Å². The lowest BCUT2D eigenvalue weighted by Gasteiger charge is -2.05. The van der Waals surface area contributed by atoms with Crippen molar-refractivity contribution in [1.82, 2.24) is 0 Å². The molecule has 2 N–H and O–H groups in total. The predicted octanol–water partition coefficient (Wildman–Crippen LogP) is 3.43. The Hall–Kier alpha value is -2.96. The molecule has 0 fully saturated rings. The Balaban J connectivity index is 2.08. The number of carboxylic acids is 1. The molecule has 0 heterocycles. The van der Waals surface area contributed by atoms with Crippen LogP contribution in [0, 0.1) is 0 Å². The smallest absolute Gasteiger partial charge is 0.387 e. The molecule has 7 heteroatoms. The first-order chi connectivity index (χ1) is 10.6. The highest BCUT2D eigenvalue weighted by Crippen LogP contribution is 2.16. The monoisotopic (exact) mass is 306 g/mol. The Morgan fingerprint density at radius 1 is 1.23 bits per heavy atom. The third kappa shape index (κ3) is 4.27. The molecule has 0 aromatic heterocycles. The van der Waals surface area contributed by atoms with Crippen LogP contribution in [0.25, 0.3) is 0 Å². The van der Waals surface area contributed by atoms with Gasteiger partial charge in [0.05, 0.1) is 17.5 Å². The minimum atomic E-state index is -2.90. The summed E-state index contributed by atoms with van der Waals surface area (Å²) >= 11 is 0. The van der Waals surface area contributed by atoms with Crippen molar-refractivity contribution in [2.75, 3.05) is 5.43 Å². The highest BCUT2D eigenvalue weighted by atomic mass is 19.3. The highest BCUT2D eigenvalue weighted by Gasteiger charge is 2.07. The number of halogens is 2. The number of nitrogens with one attached hydrogen (secondary N) is 1. The summed E-state index contributed by atoms with van der Waals surface area (Å²) in [5.41, 5.74) is 3.53. The van der Waals surface area contributed by atoms with Crippen LogP contribution in [-0.4, -0.2) is 23.9 Å². The normalized spacial score (nSPS) is 10.9. The maximum atomic E-state index is 12.1. The van der Waals surface area contributed by atoms with Gasteiger partial charge in [-0.25, -0.2) is 4.79 Å². The van der Waals surface area contributed by atoms with Crippen molar-refractivity contribution in [3.8, 4) is 5.75 Å². The summed E-state index contributed by atoms with van der Waals surface area (Å²) in [6.45, 7) is -2.90. The van der Waals surface area contributed by atoms with E-state index >= 15 is 0 Å². The molecule has 0 aliphatic rings. The first kappa shape index (κ1) is 15.4. The van der Waals surface area contributed by atoms with Crippen LogP contribution in [0.5, 0.6) is 5.75 Å². The number of aromatic carboxylic acids is 1. The first-order valence-corrected chi connectivity index (χ1v) is 6.22. The fourth-order valence-corrected chi connectivity index (χ4v) is 1.71. The molecular formula is C15H12F2N2O3. The van der Waals surface area contributed by atoms with E-state index in [9.17, 15) is 13.6 Å². The molecule has 0 radical (unpaired) electrons. The van der Waals surface area contributed by atoms with Gasteiger partial charge in [0.1, 0.15) is 5.75 Å². The van der Waals surface area contributed by atoms with E-state index in [2.05, 4.69) is 15.3 Å². The van der Waals surface area contributed by atoms with Crippen molar-refractivity contribution in [2.24, 2.45) is 5.10 Å². The van der Waals surface area contributed by atoms with Crippen molar-refractivity contribution >= 4 is 17.9 Å². The largest absolute Gasteiger partial charge is 0.478 e. The van der Waals surface area contributed by atoms with Gasteiger partial charge in [-0.1, -0.05) is 24.3 Å². The molecule has 0 aliphatic heterocycles. The van der Waals surface area contributed by atoms with E-state index in [1.165, 1.54) is 24.4 Å². The van der Waals surface area contributed by atoms with E-state index in [0.717, 1.165) is 0 Å². The number of anilines is 1. The molecule has 0 unspecified atom stereocenters. The number of alkyl halides is 2. The lowest BCUT2D eigenvalue weighted by molar-refractivity contribution is -0.0498. The number of rotatable bonds is 6. The van der Waals surface area contributed by atoms with Crippen molar-refractivity contribution in [2.45, 2.75) is 6.61 Å². The standard InChI is InChI=1S/C15H12F2N2O3/c16-15(17)22-11-5-3-4-10(8-11)9-18-19-13-7-2-1-6-12(13)14(20)21/h1-9,15,19H,(H,20,21). The summed E-state index contributed by atoms with van der Waals surface area (Å²) in [4.78, 5) is 11.0. The number of hydrazone groups is 1. The molecule has 0 amide bonds. The number of hydrogen-bond donors (Lipinski definition) is 2. The van der Waals surface area contributed by atoms with Gasteiger partial charge in [0, 0.05) is 0 Å². The van der Waals surface area contributed by atoms with Gasteiger partial charge in [0.15, 0.2) is 0 Å². The van der Waals surface area contributed by atoms with Gasteiger partial charge in [-0.3, -0.25) is 5.43 Å². The summed E-state index contributed by atoms with van der Waals surface area (Å²) in [6.07, 6.45) is 1.37. The molecule has 0 aliphatic carbocycles. The summed E-state index contributed by atoms with van der Waals surface area (Å²) < 4.78 is 28.5. The Kier molecular flexibility index (Phi) is 5.02. The highest BCUT2D eigenvalue weighted by molar-refractivity contribution is 5.94. The number of carboxylic acid groups (broad SMARTS) is 1. The van der Waals surface area contributed by atoms with E-state index in [1.54, 1.807) is 30.3 Å². The van der Waals surface area contributed by atoms with E-state index in [1.807, 2.05) is 0 Å². The molecule has 0 spiro atoms. The summed E-state index contributed by atoms with van der Waals surface area (Å²) in [5, 5.41) is 12.9. The molecule has 114 valence electrons. The van der Waals surface area contributed by atoms with Gasteiger partial charge in [-0.2, -0.15) is 13.9 Å². The molecular weight excluding hydrogens is 294 g/mol. The zero-order valence-corrected chi connectivity index (χ0v) is 11.2. The molecule has 2 rings (SSSR count). The second-order valence-corrected chi connectivity index (χ2v) is 4.17. The molecule has 5 nitrogen and oxygen atoms in total. The third-order valence-corrected chi connectivity index (χ3v) is 2.64. The van der Waals surface area contributed by atoms with Gasteiger partial charge in [0.25, 0.3) is 0 Å². The van der Waals surface area contributed by atoms with Crippen molar-refractivity contribution < 1.29 is 23.4 Å². The average molecular weight is 306 g/mol. The molecule has 0 atom stereocenters. The van der Waals surface area contributed by atoms with Crippen molar-refractivity contribution in [3.05, 3.63) is 59.7 Å². The summed E-state index contributed by atoms with van der Waals surface area (Å²) in [6, 6.07) is 12.3. The topological polar surface area (TPSA) is 70.9 Å². The minimum absolute atomic E-state index is 0.0184. The summed E-state index contributed by atoms with van der Waals surface area (Å²) in [7, 11) is 0.